The summed E-state index contributed by atoms with van der Waals surface area (Å²) in [5.41, 5.74) is 5.58. The van der Waals surface area contributed by atoms with Gasteiger partial charge < -0.3 is 10.2 Å². The van der Waals surface area contributed by atoms with Gasteiger partial charge in [0.15, 0.2) is 0 Å². The van der Waals surface area contributed by atoms with Gasteiger partial charge in [0, 0.05) is 16.7 Å². The molecule has 2 N–H and O–H groups in total. The molecule has 0 atom stereocenters. The summed E-state index contributed by atoms with van der Waals surface area (Å²) < 4.78 is 0. The van der Waals surface area contributed by atoms with E-state index in [1.165, 1.54) is 24.4 Å². The molecule has 0 amide bonds. The molecule has 0 bridgehead atoms. The van der Waals surface area contributed by atoms with Crippen molar-refractivity contribution in [2.24, 2.45) is 10.2 Å². The molecule has 4 heteroatoms. The van der Waals surface area contributed by atoms with Crippen LogP contribution in [0.2, 0.25) is 0 Å². The Hall–Kier alpha value is -3.40. The molecule has 4 rings (SSSR count). The third-order valence-electron chi connectivity index (χ3n) is 4.02. The molecule has 4 nitrogen and oxygen atoms in total. The van der Waals surface area contributed by atoms with Gasteiger partial charge in [-0.3, -0.25) is 0 Å². The van der Waals surface area contributed by atoms with Gasteiger partial charge in [0.25, 0.3) is 0 Å². The summed E-state index contributed by atoms with van der Waals surface area (Å²) in [6.07, 6.45) is 1.44. The fourth-order valence-electron chi connectivity index (χ4n) is 2.90. The van der Waals surface area contributed by atoms with Crippen molar-refractivity contribution >= 4 is 11.9 Å². The van der Waals surface area contributed by atoms with Gasteiger partial charge in [-0.1, -0.05) is 48.5 Å². The molecule has 0 spiro atoms. The largest absolute Gasteiger partial charge is 0.508 e. The van der Waals surface area contributed by atoms with Crippen molar-refractivity contribution in [3.05, 3.63) is 83.4 Å². The van der Waals surface area contributed by atoms with Crippen LogP contribution in [0.5, 0.6) is 11.5 Å². The molecular formula is C20H14N2O2. The third kappa shape index (κ3) is 2.34. The second-order valence-electron chi connectivity index (χ2n) is 5.53. The van der Waals surface area contributed by atoms with Gasteiger partial charge in [-0.15, -0.1) is 5.10 Å². The van der Waals surface area contributed by atoms with Crippen molar-refractivity contribution in [2.45, 2.75) is 0 Å². The molecule has 3 aromatic carbocycles. The fraction of sp³-hybridized carbons (Fsp3) is 0. The molecule has 0 saturated carbocycles. The number of aromatic hydroxyl groups is 2. The standard InChI is InChI=1S/C20H14N2O2/c23-14-9-10-19(24)13(11-14)12-21-22-20-17-7-3-1-5-15(17)16-6-2-4-8-18(16)20/h1-12,23-24H. The highest BCUT2D eigenvalue weighted by Crippen LogP contribution is 2.36. The highest BCUT2D eigenvalue weighted by Gasteiger charge is 2.23. The van der Waals surface area contributed by atoms with Crippen molar-refractivity contribution in [3.8, 4) is 22.6 Å². The van der Waals surface area contributed by atoms with Crippen LogP contribution < -0.4 is 0 Å². The number of hydrogen-bond acceptors (Lipinski definition) is 4. The van der Waals surface area contributed by atoms with E-state index in [4.69, 9.17) is 0 Å². The Bertz CT molecular complexity index is 943. The lowest BCUT2D eigenvalue weighted by molar-refractivity contribution is 0.459. The summed E-state index contributed by atoms with van der Waals surface area (Å²) in [6.45, 7) is 0. The van der Waals surface area contributed by atoms with Crippen molar-refractivity contribution < 1.29 is 10.2 Å². The Kier molecular flexibility index (Phi) is 3.35. The molecule has 116 valence electrons. The van der Waals surface area contributed by atoms with Crippen LogP contribution in [0.3, 0.4) is 0 Å². The Labute approximate surface area is 139 Å². The molecule has 0 unspecified atom stereocenters. The maximum atomic E-state index is 9.79. The van der Waals surface area contributed by atoms with Gasteiger partial charge in [-0.2, -0.15) is 5.10 Å². The molecule has 0 fully saturated rings. The zero-order valence-corrected chi connectivity index (χ0v) is 12.7. The molecule has 3 aromatic rings. The van der Waals surface area contributed by atoms with Crippen molar-refractivity contribution in [1.29, 1.82) is 0 Å². The lowest BCUT2D eigenvalue weighted by Gasteiger charge is -2.00. The minimum atomic E-state index is 0.0453. The number of hydrogen-bond donors (Lipinski definition) is 2. The van der Waals surface area contributed by atoms with Crippen LogP contribution in [-0.4, -0.2) is 22.1 Å². The molecule has 0 saturated heterocycles. The first kappa shape index (κ1) is 14.2. The van der Waals surface area contributed by atoms with Crippen molar-refractivity contribution in [2.75, 3.05) is 0 Å². The van der Waals surface area contributed by atoms with Crippen molar-refractivity contribution in [3.63, 3.8) is 0 Å². The summed E-state index contributed by atoms with van der Waals surface area (Å²) in [5, 5.41) is 27.8. The van der Waals surface area contributed by atoms with E-state index < -0.39 is 0 Å². The molecule has 0 aromatic heterocycles. The normalized spacial score (nSPS) is 12.2. The van der Waals surface area contributed by atoms with Gasteiger partial charge in [-0.25, -0.2) is 0 Å². The molecule has 1 aliphatic rings. The van der Waals surface area contributed by atoms with Crippen LogP contribution in [-0.2, 0) is 0 Å². The zero-order valence-electron chi connectivity index (χ0n) is 12.7. The van der Waals surface area contributed by atoms with E-state index in [0.29, 0.717) is 5.56 Å². The molecule has 0 radical (unpaired) electrons. The molecule has 0 heterocycles. The number of benzene rings is 3. The van der Waals surface area contributed by atoms with Crippen molar-refractivity contribution in [1.82, 2.24) is 0 Å². The average molecular weight is 314 g/mol. The van der Waals surface area contributed by atoms with E-state index >= 15 is 0 Å². The third-order valence-corrected chi connectivity index (χ3v) is 4.02. The second kappa shape index (κ2) is 5.66. The number of phenols is 2. The maximum absolute atomic E-state index is 9.79. The van der Waals surface area contributed by atoms with E-state index in [2.05, 4.69) is 22.3 Å². The minimum Gasteiger partial charge on any atom is -0.508 e. The Balaban J connectivity index is 1.77. The zero-order chi connectivity index (χ0) is 16.5. The summed E-state index contributed by atoms with van der Waals surface area (Å²) >= 11 is 0. The SMILES string of the molecule is Oc1ccc(O)c(C=NN=C2c3ccccc3-c3ccccc32)c1. The first-order valence-electron chi connectivity index (χ1n) is 7.56. The molecule has 1 aliphatic carbocycles. The summed E-state index contributed by atoms with van der Waals surface area (Å²) in [5.74, 6) is 0.113. The maximum Gasteiger partial charge on any atom is 0.124 e. The number of fused-ring (bicyclic) bond motifs is 3. The topological polar surface area (TPSA) is 65.2 Å². The van der Waals surface area contributed by atoms with Gasteiger partial charge in [0.05, 0.1) is 6.21 Å². The van der Waals surface area contributed by atoms with Crippen LogP contribution >= 0.6 is 0 Å². The van der Waals surface area contributed by atoms with Crippen LogP contribution in [0.15, 0.2) is 76.9 Å². The predicted molar refractivity (Wildman–Crippen MR) is 94.9 cm³/mol. The number of rotatable bonds is 2. The number of phenolic OH excluding ortho intramolecular Hbond substituents is 2. The first-order chi connectivity index (χ1) is 11.7. The van der Waals surface area contributed by atoms with Crippen LogP contribution in [0.1, 0.15) is 16.7 Å². The van der Waals surface area contributed by atoms with Gasteiger partial charge >= 0.3 is 0 Å². The predicted octanol–water partition coefficient (Wildman–Crippen LogP) is 3.95. The Morgan fingerprint density at radius 2 is 1.29 bits per heavy atom. The number of nitrogens with zero attached hydrogens (tertiary/aromatic N) is 2. The average Bonchev–Trinajstić information content (AvgIpc) is 2.93. The highest BCUT2D eigenvalue weighted by atomic mass is 16.3. The molecule has 0 aliphatic heterocycles. The van der Waals surface area contributed by atoms with E-state index in [-0.39, 0.29) is 11.5 Å². The lowest BCUT2D eigenvalue weighted by atomic mass is 10.1. The molecular weight excluding hydrogens is 300 g/mol. The Morgan fingerprint density at radius 1 is 0.708 bits per heavy atom. The first-order valence-corrected chi connectivity index (χ1v) is 7.56. The van der Waals surface area contributed by atoms with Crippen LogP contribution in [0.4, 0.5) is 0 Å². The van der Waals surface area contributed by atoms with E-state index in [0.717, 1.165) is 28.0 Å². The quantitative estimate of drug-likeness (QED) is 0.334. The van der Waals surface area contributed by atoms with E-state index in [9.17, 15) is 10.2 Å². The summed E-state index contributed by atoms with van der Waals surface area (Å²) in [6, 6.07) is 20.4. The minimum absolute atomic E-state index is 0.0453. The van der Waals surface area contributed by atoms with Gasteiger partial charge in [0.1, 0.15) is 17.2 Å². The fourth-order valence-corrected chi connectivity index (χ4v) is 2.90. The van der Waals surface area contributed by atoms with Crippen LogP contribution in [0.25, 0.3) is 11.1 Å². The summed E-state index contributed by atoms with van der Waals surface area (Å²) in [7, 11) is 0. The smallest absolute Gasteiger partial charge is 0.124 e. The second-order valence-corrected chi connectivity index (χ2v) is 5.53. The van der Waals surface area contributed by atoms with Crippen LogP contribution in [0, 0.1) is 0 Å². The van der Waals surface area contributed by atoms with Gasteiger partial charge in [-0.05, 0) is 29.3 Å². The van der Waals surface area contributed by atoms with Gasteiger partial charge in [0.2, 0.25) is 0 Å². The van der Waals surface area contributed by atoms with E-state index in [1.54, 1.807) is 0 Å². The monoisotopic (exact) mass is 314 g/mol. The Morgan fingerprint density at radius 3 is 1.92 bits per heavy atom. The van der Waals surface area contributed by atoms with E-state index in [1.807, 2.05) is 36.4 Å². The molecule has 24 heavy (non-hydrogen) atoms. The lowest BCUT2D eigenvalue weighted by Crippen LogP contribution is -1.97. The summed E-state index contributed by atoms with van der Waals surface area (Å²) in [4.78, 5) is 0. The highest BCUT2D eigenvalue weighted by molar-refractivity contribution is 6.24.